The molecule has 3 N–H and O–H groups in total. The number of amides is 2. The molecule has 5 rings (SSSR count). The molecule has 4 aliphatic rings. The van der Waals surface area contributed by atoms with Gasteiger partial charge in [0.15, 0.2) is 11.4 Å². The van der Waals surface area contributed by atoms with Crippen LogP contribution in [0.4, 0.5) is 0 Å². The molecule has 4 bridgehead atoms. The van der Waals surface area contributed by atoms with E-state index < -0.39 is 19.3 Å². The van der Waals surface area contributed by atoms with E-state index in [9.17, 15) is 18.0 Å². The summed E-state index contributed by atoms with van der Waals surface area (Å²) >= 11 is 18.5. The third kappa shape index (κ3) is 4.13. The first-order chi connectivity index (χ1) is 15.9. The largest absolute Gasteiger partial charge is 0.369 e. The number of primary amides is 1. The Balaban J connectivity index is 1.57. The maximum atomic E-state index is 13.8. The van der Waals surface area contributed by atoms with Crippen molar-refractivity contribution in [2.45, 2.75) is 56.9 Å². The van der Waals surface area contributed by atoms with E-state index in [4.69, 9.17) is 40.5 Å². The second-order valence-electron chi connectivity index (χ2n) is 10.2. The summed E-state index contributed by atoms with van der Waals surface area (Å²) in [5, 5.41) is 3.24. The monoisotopic (exact) mass is 550 g/mol. The molecular formula is C23H31Cl3N3O4S+. The molecule has 2 unspecified atom stereocenters. The van der Waals surface area contributed by atoms with E-state index in [2.05, 4.69) is 5.32 Å². The van der Waals surface area contributed by atoms with Crippen LogP contribution >= 0.6 is 34.8 Å². The SMILES string of the molecule is CC[N+](CC)(CC(=O)NC1C2CC3CC1CC(C(N)=O)(C3)C2)S(=O)(=O)c1c(Cl)cc(Cl)cc1Cl. The number of carbonyl (C=O) groups excluding carboxylic acids is 2. The summed E-state index contributed by atoms with van der Waals surface area (Å²) in [6.45, 7) is 3.51. The number of benzene rings is 1. The van der Waals surface area contributed by atoms with Crippen LogP contribution in [0, 0.1) is 23.2 Å². The summed E-state index contributed by atoms with van der Waals surface area (Å²) in [5.41, 5.74) is 5.32. The summed E-state index contributed by atoms with van der Waals surface area (Å²) in [4.78, 5) is 25.3. The Labute approximate surface area is 215 Å². The van der Waals surface area contributed by atoms with E-state index in [0.717, 1.165) is 19.3 Å². The number of hydrogen-bond acceptors (Lipinski definition) is 4. The molecule has 0 heterocycles. The predicted molar refractivity (Wildman–Crippen MR) is 132 cm³/mol. The summed E-state index contributed by atoms with van der Waals surface area (Å²) in [6.07, 6.45) is 4.16. The van der Waals surface area contributed by atoms with Gasteiger partial charge >= 0.3 is 10.0 Å². The molecule has 2 atom stereocenters. The number of likely N-dealkylation sites (N-methyl/N-ethyl adjacent to an activating group) is 1. The highest BCUT2D eigenvalue weighted by Gasteiger charge is 2.58. The standard InChI is InChI=1S/C23H30Cl3N3O4S/c1-3-29(4-2,34(32,33)21-17(25)7-16(24)8-18(21)26)12-19(30)28-20-14-5-13-6-15(20)11-23(9-13,10-14)22(27)31/h7-8,13-15,20H,3-6,9-12H2,1-2H3,(H2-,27,28,30,31)/p+1. The number of nitrogens with two attached hydrogens (primary N) is 1. The summed E-state index contributed by atoms with van der Waals surface area (Å²) < 4.78 is 27.1. The molecule has 0 radical (unpaired) electrons. The fourth-order valence-electron chi connectivity index (χ4n) is 6.90. The van der Waals surface area contributed by atoms with Gasteiger partial charge in [-0.15, -0.1) is 0 Å². The minimum Gasteiger partial charge on any atom is -0.369 e. The first kappa shape index (κ1) is 26.0. The van der Waals surface area contributed by atoms with Gasteiger partial charge in [-0.3, -0.25) is 9.59 Å². The molecule has 4 saturated carbocycles. The van der Waals surface area contributed by atoms with Crippen LogP contribution < -0.4 is 11.1 Å². The van der Waals surface area contributed by atoms with Crippen molar-refractivity contribution >= 4 is 56.6 Å². The van der Waals surface area contributed by atoms with E-state index >= 15 is 0 Å². The topological polar surface area (TPSA) is 106 Å². The normalized spacial score (nSPS) is 30.4. The van der Waals surface area contributed by atoms with Crippen molar-refractivity contribution in [1.82, 2.24) is 5.32 Å². The number of nitrogens with one attached hydrogen (secondary N) is 1. The van der Waals surface area contributed by atoms with Crippen LogP contribution in [0.1, 0.15) is 46.0 Å². The minimum absolute atomic E-state index is 0.0694. The highest BCUT2D eigenvalue weighted by Crippen LogP contribution is 2.59. The lowest BCUT2D eigenvalue weighted by Crippen LogP contribution is -2.64. The van der Waals surface area contributed by atoms with Crippen LogP contribution in [0.5, 0.6) is 0 Å². The van der Waals surface area contributed by atoms with Gasteiger partial charge in [0.05, 0.1) is 23.1 Å². The molecule has 4 aliphatic carbocycles. The average Bonchev–Trinajstić information content (AvgIpc) is 2.73. The fourth-order valence-corrected chi connectivity index (χ4v) is 10.3. The van der Waals surface area contributed by atoms with Gasteiger partial charge in [0.1, 0.15) is 0 Å². The number of rotatable bonds is 8. The van der Waals surface area contributed by atoms with Gasteiger partial charge in [0.25, 0.3) is 5.91 Å². The molecular weight excluding hydrogens is 521 g/mol. The van der Waals surface area contributed by atoms with Crippen LogP contribution in [-0.2, 0) is 19.6 Å². The number of carbonyl (C=O) groups is 2. The van der Waals surface area contributed by atoms with Crippen LogP contribution in [0.3, 0.4) is 0 Å². The van der Waals surface area contributed by atoms with E-state index in [1.807, 2.05) is 0 Å². The van der Waals surface area contributed by atoms with E-state index in [1.54, 1.807) is 13.8 Å². The van der Waals surface area contributed by atoms with E-state index in [-0.39, 0.29) is 69.3 Å². The van der Waals surface area contributed by atoms with Crippen molar-refractivity contribution < 1.29 is 21.9 Å². The summed E-state index contributed by atoms with van der Waals surface area (Å²) in [6, 6.07) is 2.60. The number of nitrogens with zero attached hydrogens (tertiary/aromatic N) is 1. The predicted octanol–water partition coefficient (Wildman–Crippen LogP) is 3.99. The number of quaternary nitrogens is 1. The molecule has 34 heavy (non-hydrogen) atoms. The number of hydrogen-bond donors (Lipinski definition) is 2. The van der Waals surface area contributed by atoms with Gasteiger partial charge in [-0.2, -0.15) is 8.42 Å². The third-order valence-electron chi connectivity index (χ3n) is 8.44. The third-order valence-corrected chi connectivity index (χ3v) is 12.1. The Bertz CT molecular complexity index is 1080. The Morgan fingerprint density at radius 1 is 1.06 bits per heavy atom. The highest BCUT2D eigenvalue weighted by molar-refractivity contribution is 7.86. The molecule has 0 spiro atoms. The molecule has 0 saturated heterocycles. The smallest absolute Gasteiger partial charge is 0.330 e. The maximum Gasteiger partial charge on any atom is 0.330 e. The summed E-state index contributed by atoms with van der Waals surface area (Å²) in [7, 11) is -4.13. The fraction of sp³-hybridized carbons (Fsp3) is 0.652. The first-order valence-corrected chi connectivity index (χ1v) is 14.3. The van der Waals surface area contributed by atoms with E-state index in [1.165, 1.54) is 12.1 Å². The van der Waals surface area contributed by atoms with Crippen LogP contribution in [0.2, 0.25) is 15.1 Å². The number of halogens is 3. The van der Waals surface area contributed by atoms with Crippen LogP contribution in [-0.4, -0.2) is 49.8 Å². The zero-order valence-electron chi connectivity index (χ0n) is 19.3. The Morgan fingerprint density at radius 2 is 1.59 bits per heavy atom. The number of sulfonamides is 1. The quantitative estimate of drug-likeness (QED) is 0.477. The van der Waals surface area contributed by atoms with Crippen molar-refractivity contribution in [2.24, 2.45) is 28.9 Å². The van der Waals surface area contributed by atoms with Gasteiger partial charge in [-0.05, 0) is 75.8 Å². The molecule has 1 aromatic rings. The average molecular weight is 552 g/mol. The molecule has 11 heteroatoms. The zero-order valence-corrected chi connectivity index (χ0v) is 22.4. The molecule has 2 amide bonds. The minimum atomic E-state index is -4.13. The van der Waals surface area contributed by atoms with Crippen molar-refractivity contribution in [2.75, 3.05) is 19.6 Å². The second-order valence-corrected chi connectivity index (χ2v) is 13.6. The highest BCUT2D eigenvalue weighted by atomic mass is 35.5. The Kier molecular flexibility index (Phi) is 6.97. The zero-order chi connectivity index (χ0) is 25.1. The first-order valence-electron chi connectivity index (χ1n) is 11.7. The van der Waals surface area contributed by atoms with Gasteiger partial charge in [0, 0.05) is 16.5 Å². The summed E-state index contributed by atoms with van der Waals surface area (Å²) in [5.74, 6) is 0.273. The van der Waals surface area contributed by atoms with Gasteiger partial charge in [-0.25, -0.2) is 3.89 Å². The van der Waals surface area contributed by atoms with Gasteiger partial charge in [-0.1, -0.05) is 34.8 Å². The van der Waals surface area contributed by atoms with E-state index in [0.29, 0.717) is 18.8 Å². The van der Waals surface area contributed by atoms with Gasteiger partial charge in [0.2, 0.25) is 5.91 Å². The van der Waals surface area contributed by atoms with Crippen LogP contribution in [0.25, 0.3) is 0 Å². The lowest BCUT2D eigenvalue weighted by atomic mass is 9.47. The Hall–Kier alpha value is -1.06. The molecule has 1 aromatic carbocycles. The Morgan fingerprint density at radius 3 is 2.06 bits per heavy atom. The lowest BCUT2D eigenvalue weighted by molar-refractivity contribution is -0.794. The van der Waals surface area contributed by atoms with Gasteiger partial charge < -0.3 is 11.1 Å². The molecule has 0 aromatic heterocycles. The molecule has 4 fully saturated rings. The lowest BCUT2D eigenvalue weighted by Gasteiger charge is -2.58. The van der Waals surface area contributed by atoms with Crippen LogP contribution in [0.15, 0.2) is 17.0 Å². The molecule has 7 nitrogen and oxygen atoms in total. The van der Waals surface area contributed by atoms with Crippen molar-refractivity contribution in [1.29, 1.82) is 0 Å². The van der Waals surface area contributed by atoms with Crippen molar-refractivity contribution in [3.8, 4) is 0 Å². The van der Waals surface area contributed by atoms with Crippen molar-refractivity contribution in [3.05, 3.63) is 27.2 Å². The molecule has 188 valence electrons. The second kappa shape index (κ2) is 9.11. The molecule has 0 aliphatic heterocycles. The van der Waals surface area contributed by atoms with Crippen molar-refractivity contribution in [3.63, 3.8) is 0 Å². The maximum absolute atomic E-state index is 13.8.